The van der Waals surface area contributed by atoms with Gasteiger partial charge in [0.05, 0.1) is 31.1 Å². The molecule has 0 radical (unpaired) electrons. The lowest BCUT2D eigenvalue weighted by Gasteiger charge is -2.32. The minimum Gasteiger partial charge on any atom is -0.377 e. The molecule has 2 atom stereocenters. The van der Waals surface area contributed by atoms with E-state index in [4.69, 9.17) is 9.47 Å². The van der Waals surface area contributed by atoms with Gasteiger partial charge in [-0.15, -0.1) is 0 Å². The van der Waals surface area contributed by atoms with Crippen LogP contribution in [-0.4, -0.2) is 64.1 Å². The molecule has 164 valence electrons. The Kier molecular flexibility index (Phi) is 6.54. The van der Waals surface area contributed by atoms with Crippen molar-refractivity contribution in [1.82, 2.24) is 9.62 Å². The molecular weight excluding hydrogens is 416 g/mol. The Balaban J connectivity index is 1.65. The zero-order valence-electron chi connectivity index (χ0n) is 16.0. The predicted molar refractivity (Wildman–Crippen MR) is 97.2 cm³/mol. The van der Waals surface area contributed by atoms with E-state index in [1.54, 1.807) is 0 Å². The van der Waals surface area contributed by atoms with Crippen LogP contribution < -0.4 is 4.72 Å². The lowest BCUT2D eigenvalue weighted by Crippen LogP contribution is -2.45. The van der Waals surface area contributed by atoms with Gasteiger partial charge in [0.1, 0.15) is 11.4 Å². The smallest absolute Gasteiger partial charge is 0.377 e. The van der Waals surface area contributed by atoms with E-state index in [0.29, 0.717) is 44.7 Å². The second kappa shape index (κ2) is 8.46. The molecule has 1 aromatic carbocycles. The Morgan fingerprint density at radius 1 is 1.34 bits per heavy atom. The zero-order valence-corrected chi connectivity index (χ0v) is 16.8. The van der Waals surface area contributed by atoms with Crippen LogP contribution in [0.1, 0.15) is 24.0 Å². The van der Waals surface area contributed by atoms with Crippen molar-refractivity contribution >= 4 is 10.0 Å². The summed E-state index contributed by atoms with van der Waals surface area (Å²) in [6.45, 7) is 2.19. The van der Waals surface area contributed by atoms with Crippen LogP contribution in [0.25, 0.3) is 0 Å². The van der Waals surface area contributed by atoms with Crippen molar-refractivity contribution in [3.63, 3.8) is 0 Å². The minimum atomic E-state index is -4.73. The molecular formula is C18H24F4N2O4S. The molecule has 11 heteroatoms. The molecule has 29 heavy (non-hydrogen) atoms. The summed E-state index contributed by atoms with van der Waals surface area (Å²) in [4.78, 5) is 1.96. The van der Waals surface area contributed by atoms with E-state index in [0.717, 1.165) is 18.4 Å². The first-order valence-corrected chi connectivity index (χ1v) is 11.1. The lowest BCUT2D eigenvalue weighted by atomic mass is 9.99. The number of alkyl halides is 3. The quantitative estimate of drug-likeness (QED) is 0.711. The van der Waals surface area contributed by atoms with E-state index in [-0.39, 0.29) is 19.2 Å². The summed E-state index contributed by atoms with van der Waals surface area (Å²) in [6, 6.07) is 2.95. The van der Waals surface area contributed by atoms with Gasteiger partial charge >= 0.3 is 6.18 Å². The van der Waals surface area contributed by atoms with Gasteiger partial charge in [0.15, 0.2) is 0 Å². The van der Waals surface area contributed by atoms with Crippen molar-refractivity contribution < 1.29 is 35.5 Å². The normalized spacial score (nSPS) is 26.7. The molecule has 2 aliphatic heterocycles. The summed E-state index contributed by atoms with van der Waals surface area (Å²) in [5.74, 6) is -1.29. The Morgan fingerprint density at radius 3 is 2.76 bits per heavy atom. The molecule has 2 heterocycles. The lowest BCUT2D eigenvalue weighted by molar-refractivity contribution is -0.140. The predicted octanol–water partition coefficient (Wildman–Crippen LogP) is 2.14. The fourth-order valence-electron chi connectivity index (χ4n) is 3.77. The molecule has 0 saturated carbocycles. The van der Waals surface area contributed by atoms with Crippen LogP contribution in [0.5, 0.6) is 0 Å². The van der Waals surface area contributed by atoms with Crippen molar-refractivity contribution in [2.45, 2.75) is 37.3 Å². The number of benzene rings is 1. The molecule has 2 unspecified atom stereocenters. The largest absolute Gasteiger partial charge is 0.419 e. The third kappa shape index (κ3) is 6.11. The molecule has 2 aliphatic rings. The highest BCUT2D eigenvalue weighted by molar-refractivity contribution is 7.88. The highest BCUT2D eigenvalue weighted by Crippen LogP contribution is 2.34. The standard InChI is InChI=1S/C18H24F4N2O4S/c1-29(25,26)23-9-14-4-5-17(28-14)11-24(6-7-27-12-17)10-13-2-3-15(16(19)8-13)18(20,21)22/h2-3,8,14,23H,4-7,9-12H2,1H3. The maximum absolute atomic E-state index is 13.9. The Hall–Kier alpha value is -1.27. The molecule has 1 spiro atoms. The summed E-state index contributed by atoms with van der Waals surface area (Å²) in [7, 11) is -3.32. The number of sulfonamides is 1. The van der Waals surface area contributed by atoms with Gasteiger partial charge in [-0.25, -0.2) is 17.5 Å². The molecule has 0 aliphatic carbocycles. The van der Waals surface area contributed by atoms with Crippen molar-refractivity contribution in [1.29, 1.82) is 0 Å². The van der Waals surface area contributed by atoms with Crippen LogP contribution in [0, 0.1) is 5.82 Å². The first kappa shape index (κ1) is 22.4. The monoisotopic (exact) mass is 440 g/mol. The van der Waals surface area contributed by atoms with Crippen molar-refractivity contribution in [3.8, 4) is 0 Å². The van der Waals surface area contributed by atoms with E-state index in [9.17, 15) is 26.0 Å². The van der Waals surface area contributed by atoms with Gasteiger partial charge in [-0.3, -0.25) is 4.90 Å². The number of hydrogen-bond acceptors (Lipinski definition) is 5. The van der Waals surface area contributed by atoms with Gasteiger partial charge < -0.3 is 9.47 Å². The number of hydrogen-bond donors (Lipinski definition) is 1. The first-order chi connectivity index (χ1) is 13.5. The van der Waals surface area contributed by atoms with Crippen LogP contribution >= 0.6 is 0 Å². The summed E-state index contributed by atoms with van der Waals surface area (Å²) in [5, 5.41) is 0. The third-order valence-corrected chi connectivity index (χ3v) is 5.78. The van der Waals surface area contributed by atoms with Crippen LogP contribution in [0.4, 0.5) is 17.6 Å². The number of rotatable bonds is 5. The molecule has 1 N–H and O–H groups in total. The van der Waals surface area contributed by atoms with Gasteiger partial charge in [-0.2, -0.15) is 13.2 Å². The van der Waals surface area contributed by atoms with Gasteiger partial charge in [-0.05, 0) is 30.5 Å². The van der Waals surface area contributed by atoms with Crippen molar-refractivity contribution in [3.05, 3.63) is 35.1 Å². The van der Waals surface area contributed by atoms with Crippen molar-refractivity contribution in [2.75, 3.05) is 39.1 Å². The third-order valence-electron chi connectivity index (χ3n) is 5.09. The Bertz CT molecular complexity index is 834. The topological polar surface area (TPSA) is 67.9 Å². The summed E-state index contributed by atoms with van der Waals surface area (Å²) >= 11 is 0. The second-order valence-electron chi connectivity index (χ2n) is 7.66. The molecule has 6 nitrogen and oxygen atoms in total. The number of nitrogens with one attached hydrogen (secondary N) is 1. The number of ether oxygens (including phenoxy) is 2. The van der Waals surface area contributed by atoms with Gasteiger partial charge in [0.2, 0.25) is 10.0 Å². The SMILES string of the molecule is CS(=O)(=O)NCC1CCC2(COCCN(Cc3ccc(C(F)(F)F)c(F)c3)C2)O1. The summed E-state index contributed by atoms with van der Waals surface area (Å²) in [6.07, 6.45) is -2.60. The maximum atomic E-state index is 13.9. The first-order valence-electron chi connectivity index (χ1n) is 9.24. The number of nitrogens with zero attached hydrogens (tertiary/aromatic N) is 1. The highest BCUT2D eigenvalue weighted by Gasteiger charge is 2.43. The van der Waals surface area contributed by atoms with Gasteiger partial charge in [-0.1, -0.05) is 6.07 Å². The van der Waals surface area contributed by atoms with Crippen LogP contribution in [-0.2, 0) is 32.2 Å². The Morgan fingerprint density at radius 2 is 2.10 bits per heavy atom. The molecule has 2 saturated heterocycles. The maximum Gasteiger partial charge on any atom is 0.419 e. The van der Waals surface area contributed by atoms with Crippen LogP contribution in [0.3, 0.4) is 0 Å². The average molecular weight is 440 g/mol. The van der Waals surface area contributed by atoms with Crippen LogP contribution in [0.2, 0.25) is 0 Å². The van der Waals surface area contributed by atoms with Gasteiger partial charge in [0, 0.05) is 26.2 Å². The molecule has 3 rings (SSSR count). The zero-order chi connectivity index (χ0) is 21.3. The van der Waals surface area contributed by atoms with E-state index in [1.165, 1.54) is 6.07 Å². The van der Waals surface area contributed by atoms with E-state index in [1.807, 2.05) is 4.90 Å². The minimum absolute atomic E-state index is 0.171. The summed E-state index contributed by atoms with van der Waals surface area (Å²) in [5.41, 5.74) is -1.47. The van der Waals surface area contributed by atoms with Crippen molar-refractivity contribution in [2.24, 2.45) is 0 Å². The van der Waals surface area contributed by atoms with E-state index >= 15 is 0 Å². The van der Waals surface area contributed by atoms with Crippen LogP contribution in [0.15, 0.2) is 18.2 Å². The fraction of sp³-hybridized carbons (Fsp3) is 0.667. The van der Waals surface area contributed by atoms with Gasteiger partial charge in [0.25, 0.3) is 0 Å². The molecule has 0 amide bonds. The van der Waals surface area contributed by atoms with E-state index < -0.39 is 33.2 Å². The average Bonchev–Trinajstić information content (AvgIpc) is 2.87. The number of halogens is 4. The second-order valence-corrected chi connectivity index (χ2v) is 9.49. The summed E-state index contributed by atoms with van der Waals surface area (Å²) < 4.78 is 88.8. The Labute approximate surface area is 167 Å². The highest BCUT2D eigenvalue weighted by atomic mass is 32.2. The fourth-order valence-corrected chi connectivity index (χ4v) is 4.26. The molecule has 2 fully saturated rings. The molecule has 1 aromatic rings. The molecule has 0 aromatic heterocycles. The molecule has 0 bridgehead atoms. The van der Waals surface area contributed by atoms with E-state index in [2.05, 4.69) is 4.72 Å².